The molecule has 0 radical (unpaired) electrons. The Hall–Kier alpha value is -2.58. The number of aliphatic carboxylic acids is 1. The summed E-state index contributed by atoms with van der Waals surface area (Å²) in [7, 11) is 1.21. The van der Waals surface area contributed by atoms with Crippen molar-refractivity contribution in [1.29, 1.82) is 0 Å². The highest BCUT2D eigenvalue weighted by Crippen LogP contribution is 2.02. The van der Waals surface area contributed by atoms with E-state index in [4.69, 9.17) is 5.11 Å². The summed E-state index contributed by atoms with van der Waals surface area (Å²) in [6.07, 6.45) is 1.44. The van der Waals surface area contributed by atoms with Gasteiger partial charge in [-0.05, 0) is 13.3 Å². The number of esters is 1. The number of ether oxygens (including phenoxy) is 1. The normalized spacial score (nSPS) is 11.5. The highest BCUT2D eigenvalue weighted by molar-refractivity contribution is 5.83. The second-order valence-corrected chi connectivity index (χ2v) is 4.35. The molecular weight excluding hydrogens is 280 g/mol. The molecule has 1 rings (SSSR count). The van der Waals surface area contributed by atoms with E-state index in [1.165, 1.54) is 7.11 Å². The van der Waals surface area contributed by atoms with Gasteiger partial charge >= 0.3 is 18.0 Å². The number of carboxylic acids is 1. The van der Waals surface area contributed by atoms with E-state index >= 15 is 0 Å². The van der Waals surface area contributed by atoms with Crippen molar-refractivity contribution in [2.75, 3.05) is 7.11 Å². The van der Waals surface area contributed by atoms with Gasteiger partial charge in [0.05, 0.1) is 13.3 Å². The molecule has 0 bridgehead atoms. The summed E-state index contributed by atoms with van der Waals surface area (Å²) in [6, 6.07) is -1.79. The van der Waals surface area contributed by atoms with Crippen LogP contribution < -0.4 is 10.6 Å². The molecule has 0 saturated carbocycles. The quantitative estimate of drug-likeness (QED) is 0.520. The Bertz CT molecular complexity index is 514. The van der Waals surface area contributed by atoms with Crippen LogP contribution in [0, 0.1) is 6.92 Å². The molecule has 0 aliphatic heterocycles. The first kappa shape index (κ1) is 16.5. The van der Waals surface area contributed by atoms with Crippen molar-refractivity contribution < 1.29 is 24.2 Å². The maximum atomic E-state index is 11.6. The minimum Gasteiger partial charge on any atom is -0.480 e. The van der Waals surface area contributed by atoms with E-state index < -0.39 is 24.0 Å². The number of methoxy groups -OCH3 is 1. The average molecular weight is 298 g/mol. The number of carbonyl (C=O) groups excluding carboxylic acids is 2. The van der Waals surface area contributed by atoms with Crippen molar-refractivity contribution in [1.82, 2.24) is 20.8 Å². The number of aryl methyl sites for hydroxylation is 1. The first-order valence-corrected chi connectivity index (χ1v) is 6.27. The Morgan fingerprint density at radius 1 is 1.48 bits per heavy atom. The van der Waals surface area contributed by atoms with Crippen LogP contribution in [0.15, 0.2) is 6.20 Å². The smallest absolute Gasteiger partial charge is 0.326 e. The predicted molar refractivity (Wildman–Crippen MR) is 71.4 cm³/mol. The van der Waals surface area contributed by atoms with Gasteiger partial charge in [0.1, 0.15) is 6.04 Å². The zero-order valence-electron chi connectivity index (χ0n) is 11.8. The number of nitrogens with zero attached hydrogens (tertiary/aromatic N) is 1. The fraction of sp³-hybridized carbons (Fsp3) is 0.500. The number of rotatable bonds is 7. The van der Waals surface area contributed by atoms with Crippen LogP contribution in [-0.2, 0) is 20.9 Å². The van der Waals surface area contributed by atoms with Gasteiger partial charge in [-0.2, -0.15) is 5.10 Å². The lowest BCUT2D eigenvalue weighted by Gasteiger charge is -2.14. The number of hydrogen-bond acceptors (Lipinski definition) is 5. The van der Waals surface area contributed by atoms with Crippen LogP contribution >= 0.6 is 0 Å². The molecule has 9 heteroatoms. The fourth-order valence-corrected chi connectivity index (χ4v) is 1.56. The maximum absolute atomic E-state index is 11.6. The zero-order valence-corrected chi connectivity index (χ0v) is 11.8. The number of carbonyl (C=O) groups is 3. The molecule has 21 heavy (non-hydrogen) atoms. The van der Waals surface area contributed by atoms with Crippen LogP contribution in [-0.4, -0.2) is 46.4 Å². The SMILES string of the molecule is COC(=O)CC[C@@H](NC(=O)NCc1cn[nH]c1C)C(=O)O. The molecule has 0 fully saturated rings. The highest BCUT2D eigenvalue weighted by Gasteiger charge is 2.21. The lowest BCUT2D eigenvalue weighted by molar-refractivity contribution is -0.142. The number of aromatic nitrogens is 2. The van der Waals surface area contributed by atoms with E-state index in [9.17, 15) is 14.4 Å². The summed E-state index contributed by atoms with van der Waals surface area (Å²) in [4.78, 5) is 33.6. The molecule has 2 amide bonds. The van der Waals surface area contributed by atoms with Crippen LogP contribution in [0.2, 0.25) is 0 Å². The summed E-state index contributed by atoms with van der Waals surface area (Å²) in [5.74, 6) is -1.74. The number of aromatic amines is 1. The highest BCUT2D eigenvalue weighted by atomic mass is 16.5. The Balaban J connectivity index is 2.43. The van der Waals surface area contributed by atoms with Crippen LogP contribution in [0.4, 0.5) is 4.79 Å². The number of hydrogen-bond donors (Lipinski definition) is 4. The van der Waals surface area contributed by atoms with Gasteiger partial charge in [-0.3, -0.25) is 9.89 Å². The summed E-state index contributed by atoms with van der Waals surface area (Å²) in [5.41, 5.74) is 1.61. The standard InChI is InChI=1S/C12H18N4O5/c1-7-8(6-14-16-7)5-13-12(20)15-9(11(18)19)3-4-10(17)21-2/h6,9H,3-5H2,1-2H3,(H,14,16)(H,18,19)(H2,13,15,20)/t9-/m1/s1. The summed E-state index contributed by atoms with van der Waals surface area (Å²) in [6.45, 7) is 2.02. The van der Waals surface area contributed by atoms with Crippen molar-refractivity contribution >= 4 is 18.0 Å². The monoisotopic (exact) mass is 298 g/mol. The minimum absolute atomic E-state index is 0.0415. The van der Waals surface area contributed by atoms with Crippen molar-refractivity contribution in [3.05, 3.63) is 17.5 Å². The lowest BCUT2D eigenvalue weighted by atomic mass is 10.1. The summed E-state index contributed by atoms with van der Waals surface area (Å²) in [5, 5.41) is 20.3. The lowest BCUT2D eigenvalue weighted by Crippen LogP contribution is -2.46. The summed E-state index contributed by atoms with van der Waals surface area (Å²) >= 11 is 0. The van der Waals surface area contributed by atoms with Crippen molar-refractivity contribution in [2.24, 2.45) is 0 Å². The first-order chi connectivity index (χ1) is 9.93. The molecule has 1 aromatic heterocycles. The van der Waals surface area contributed by atoms with Gasteiger partial charge in [-0.1, -0.05) is 0 Å². The Morgan fingerprint density at radius 2 is 2.19 bits per heavy atom. The number of H-pyrrole nitrogens is 1. The molecule has 4 N–H and O–H groups in total. The van der Waals surface area contributed by atoms with E-state index in [-0.39, 0.29) is 19.4 Å². The van der Waals surface area contributed by atoms with Gasteiger partial charge in [-0.15, -0.1) is 0 Å². The topological polar surface area (TPSA) is 133 Å². The molecule has 0 spiro atoms. The van der Waals surface area contributed by atoms with Gasteiger partial charge in [0.25, 0.3) is 0 Å². The van der Waals surface area contributed by atoms with E-state index in [1.807, 2.05) is 0 Å². The predicted octanol–water partition coefficient (Wildman–Crippen LogP) is -0.0763. The molecule has 116 valence electrons. The number of carboxylic acid groups (broad SMARTS) is 1. The van der Waals surface area contributed by atoms with E-state index in [2.05, 4.69) is 25.6 Å². The Labute approximate surface area is 121 Å². The molecule has 1 heterocycles. The number of nitrogens with one attached hydrogen (secondary N) is 3. The van der Waals surface area contributed by atoms with Crippen LogP contribution in [0.25, 0.3) is 0 Å². The minimum atomic E-state index is -1.21. The molecule has 1 aromatic rings. The summed E-state index contributed by atoms with van der Waals surface area (Å²) < 4.78 is 4.42. The molecule has 0 aliphatic rings. The fourth-order valence-electron chi connectivity index (χ4n) is 1.56. The molecule has 0 saturated heterocycles. The molecule has 1 atom stereocenters. The molecular formula is C12H18N4O5. The van der Waals surface area contributed by atoms with Gasteiger partial charge in [0, 0.05) is 24.2 Å². The third-order valence-corrected chi connectivity index (χ3v) is 2.84. The van der Waals surface area contributed by atoms with E-state index in [1.54, 1.807) is 13.1 Å². The van der Waals surface area contributed by atoms with Crippen molar-refractivity contribution in [3.8, 4) is 0 Å². The second kappa shape index (κ2) is 7.88. The van der Waals surface area contributed by atoms with Crippen LogP contribution in [0.5, 0.6) is 0 Å². The number of amides is 2. The first-order valence-electron chi connectivity index (χ1n) is 6.27. The Kier molecular flexibility index (Phi) is 6.18. The number of urea groups is 1. The van der Waals surface area contributed by atoms with Crippen molar-refractivity contribution in [3.63, 3.8) is 0 Å². The third-order valence-electron chi connectivity index (χ3n) is 2.84. The molecule has 9 nitrogen and oxygen atoms in total. The third kappa shape index (κ3) is 5.51. The largest absolute Gasteiger partial charge is 0.480 e. The van der Waals surface area contributed by atoms with Crippen molar-refractivity contribution in [2.45, 2.75) is 32.4 Å². The second-order valence-electron chi connectivity index (χ2n) is 4.35. The van der Waals surface area contributed by atoms with Gasteiger partial charge < -0.3 is 20.5 Å². The van der Waals surface area contributed by atoms with Crippen LogP contribution in [0.3, 0.4) is 0 Å². The van der Waals surface area contributed by atoms with E-state index in [0.29, 0.717) is 0 Å². The molecule has 0 aromatic carbocycles. The van der Waals surface area contributed by atoms with E-state index in [0.717, 1.165) is 11.3 Å². The molecule has 0 aliphatic carbocycles. The zero-order chi connectivity index (χ0) is 15.8. The Morgan fingerprint density at radius 3 is 2.71 bits per heavy atom. The van der Waals surface area contributed by atoms with Gasteiger partial charge in [0.2, 0.25) is 0 Å². The van der Waals surface area contributed by atoms with Gasteiger partial charge in [0.15, 0.2) is 0 Å². The molecule has 0 unspecified atom stereocenters. The van der Waals surface area contributed by atoms with Gasteiger partial charge in [-0.25, -0.2) is 9.59 Å². The van der Waals surface area contributed by atoms with Crippen LogP contribution in [0.1, 0.15) is 24.1 Å². The average Bonchev–Trinajstić information content (AvgIpc) is 2.85. The maximum Gasteiger partial charge on any atom is 0.326 e.